The maximum absolute atomic E-state index is 13.3. The molecule has 1 unspecified atom stereocenters. The van der Waals surface area contributed by atoms with Crippen LogP contribution in [0.25, 0.3) is 5.76 Å². The van der Waals surface area contributed by atoms with Gasteiger partial charge in [0.2, 0.25) is 0 Å². The summed E-state index contributed by atoms with van der Waals surface area (Å²) in [7, 11) is 3.33. The fourth-order valence-electron chi connectivity index (χ4n) is 4.65. The van der Waals surface area contributed by atoms with Gasteiger partial charge >= 0.3 is 0 Å². The predicted octanol–water partition coefficient (Wildman–Crippen LogP) is 1.80. The Kier molecular flexibility index (Phi) is 6.53. The van der Waals surface area contributed by atoms with Crippen molar-refractivity contribution in [3.63, 3.8) is 0 Å². The molecule has 2 aromatic rings. The lowest BCUT2D eigenvalue weighted by atomic mass is 9.94. The molecular weight excluding hydrogens is 424 g/mol. The van der Waals surface area contributed by atoms with E-state index in [1.807, 2.05) is 25.1 Å². The zero-order valence-corrected chi connectivity index (χ0v) is 19.5. The van der Waals surface area contributed by atoms with Gasteiger partial charge in [-0.15, -0.1) is 0 Å². The molecule has 2 aliphatic heterocycles. The standard InChI is InChI=1S/C24H30N4O5/c1-15-19(16(2)26(3)25-15)22(29)20-21(17-7-5-6-8-18(17)32-4)28(24(31)23(20)30)10-9-27-11-13-33-14-12-27/h5-8,21,29H,9-14H2,1-4H3. The van der Waals surface area contributed by atoms with Gasteiger partial charge in [0.15, 0.2) is 0 Å². The molecular formula is C24H30N4O5. The van der Waals surface area contributed by atoms with Crippen LogP contribution in [0.4, 0.5) is 0 Å². The summed E-state index contributed by atoms with van der Waals surface area (Å²) in [6, 6.07) is 6.52. The highest BCUT2D eigenvalue weighted by Crippen LogP contribution is 2.43. The molecule has 3 heterocycles. The fourth-order valence-corrected chi connectivity index (χ4v) is 4.65. The van der Waals surface area contributed by atoms with E-state index in [2.05, 4.69) is 10.00 Å². The van der Waals surface area contributed by atoms with Crippen LogP contribution in [-0.4, -0.2) is 82.9 Å². The number of carbonyl (C=O) groups excluding carboxylic acids is 2. The maximum atomic E-state index is 13.3. The molecule has 4 rings (SSSR count). The highest BCUT2D eigenvalue weighted by Gasteiger charge is 2.47. The number of ether oxygens (including phenoxy) is 2. The molecule has 1 amide bonds. The molecule has 0 radical (unpaired) electrons. The molecule has 0 aliphatic carbocycles. The van der Waals surface area contributed by atoms with Crippen molar-refractivity contribution < 1.29 is 24.2 Å². The van der Waals surface area contributed by atoms with E-state index < -0.39 is 17.7 Å². The van der Waals surface area contributed by atoms with Gasteiger partial charge in [-0.25, -0.2) is 0 Å². The van der Waals surface area contributed by atoms with Crippen LogP contribution in [0.3, 0.4) is 0 Å². The third-order valence-corrected chi connectivity index (χ3v) is 6.48. The first kappa shape index (κ1) is 23.0. The molecule has 33 heavy (non-hydrogen) atoms. The number of likely N-dealkylation sites (tertiary alicyclic amines) is 1. The minimum absolute atomic E-state index is 0.0608. The van der Waals surface area contributed by atoms with E-state index in [9.17, 15) is 14.7 Å². The lowest BCUT2D eigenvalue weighted by molar-refractivity contribution is -0.140. The number of rotatable bonds is 6. The van der Waals surface area contributed by atoms with Crippen molar-refractivity contribution in [3.8, 4) is 5.75 Å². The number of aryl methyl sites for hydroxylation is 2. The highest BCUT2D eigenvalue weighted by molar-refractivity contribution is 6.46. The Hall–Kier alpha value is -3.17. The molecule has 1 aromatic heterocycles. The third-order valence-electron chi connectivity index (χ3n) is 6.48. The van der Waals surface area contributed by atoms with E-state index in [-0.39, 0.29) is 11.3 Å². The molecule has 0 saturated carbocycles. The number of aliphatic hydroxyl groups is 1. The largest absolute Gasteiger partial charge is 0.507 e. The fraction of sp³-hybridized carbons (Fsp3) is 0.458. The van der Waals surface area contributed by atoms with Crippen LogP contribution in [0.15, 0.2) is 29.8 Å². The van der Waals surface area contributed by atoms with Crippen LogP contribution >= 0.6 is 0 Å². The van der Waals surface area contributed by atoms with Crippen molar-refractivity contribution in [3.05, 3.63) is 52.4 Å². The van der Waals surface area contributed by atoms with Gasteiger partial charge in [0, 0.05) is 44.5 Å². The van der Waals surface area contributed by atoms with Gasteiger partial charge in [-0.3, -0.25) is 19.2 Å². The SMILES string of the molecule is COc1ccccc1C1C(=C(O)c2c(C)nn(C)c2C)C(=O)C(=O)N1CCN1CCOCC1. The van der Waals surface area contributed by atoms with Crippen molar-refractivity contribution >= 4 is 17.4 Å². The molecule has 1 atom stereocenters. The average molecular weight is 455 g/mol. The summed E-state index contributed by atoms with van der Waals surface area (Å²) >= 11 is 0. The van der Waals surface area contributed by atoms with E-state index in [1.54, 1.807) is 36.7 Å². The Morgan fingerprint density at radius 1 is 1.18 bits per heavy atom. The van der Waals surface area contributed by atoms with E-state index in [0.29, 0.717) is 54.6 Å². The molecule has 2 aliphatic rings. The van der Waals surface area contributed by atoms with Crippen molar-refractivity contribution in [2.24, 2.45) is 7.05 Å². The number of benzene rings is 1. The average Bonchev–Trinajstić information content (AvgIpc) is 3.23. The van der Waals surface area contributed by atoms with Crippen LogP contribution in [0.2, 0.25) is 0 Å². The number of amides is 1. The van der Waals surface area contributed by atoms with Gasteiger partial charge < -0.3 is 19.5 Å². The second-order valence-electron chi connectivity index (χ2n) is 8.36. The van der Waals surface area contributed by atoms with Crippen LogP contribution in [0, 0.1) is 13.8 Å². The summed E-state index contributed by atoms with van der Waals surface area (Å²) < 4.78 is 12.6. The molecule has 1 aromatic carbocycles. The Labute approximate surface area is 193 Å². The summed E-state index contributed by atoms with van der Waals surface area (Å²) in [5, 5.41) is 15.7. The Morgan fingerprint density at radius 2 is 1.88 bits per heavy atom. The normalized spacial score (nSPS) is 21.1. The summed E-state index contributed by atoms with van der Waals surface area (Å²) in [6.07, 6.45) is 0. The van der Waals surface area contributed by atoms with E-state index in [4.69, 9.17) is 9.47 Å². The summed E-state index contributed by atoms with van der Waals surface area (Å²) in [5.41, 5.74) is 2.49. The zero-order valence-electron chi connectivity index (χ0n) is 19.5. The summed E-state index contributed by atoms with van der Waals surface area (Å²) in [6.45, 7) is 7.38. The monoisotopic (exact) mass is 454 g/mol. The summed E-state index contributed by atoms with van der Waals surface area (Å²) in [4.78, 5) is 30.2. The molecule has 0 spiro atoms. The van der Waals surface area contributed by atoms with Gasteiger partial charge in [-0.2, -0.15) is 5.10 Å². The maximum Gasteiger partial charge on any atom is 0.295 e. The smallest absolute Gasteiger partial charge is 0.295 e. The quantitative estimate of drug-likeness (QED) is 0.404. The van der Waals surface area contributed by atoms with Crippen molar-refractivity contribution in [1.29, 1.82) is 0 Å². The molecule has 176 valence electrons. The Bertz CT molecular complexity index is 1100. The number of Topliss-reactive ketones (excluding diaryl/α,β-unsaturated/α-hetero) is 1. The number of aromatic nitrogens is 2. The molecule has 9 nitrogen and oxygen atoms in total. The van der Waals surface area contributed by atoms with Gasteiger partial charge in [-0.05, 0) is 19.9 Å². The number of ketones is 1. The topological polar surface area (TPSA) is 97.1 Å². The number of nitrogens with zero attached hydrogens (tertiary/aromatic N) is 4. The molecule has 1 N–H and O–H groups in total. The number of methoxy groups -OCH3 is 1. The van der Waals surface area contributed by atoms with Gasteiger partial charge in [0.05, 0.1) is 43.2 Å². The van der Waals surface area contributed by atoms with Crippen LogP contribution in [0.5, 0.6) is 5.75 Å². The first-order valence-corrected chi connectivity index (χ1v) is 11.1. The molecule has 2 saturated heterocycles. The van der Waals surface area contributed by atoms with Crippen molar-refractivity contribution in [1.82, 2.24) is 19.6 Å². The highest BCUT2D eigenvalue weighted by atomic mass is 16.5. The lowest BCUT2D eigenvalue weighted by Crippen LogP contribution is -2.42. The van der Waals surface area contributed by atoms with Gasteiger partial charge in [0.25, 0.3) is 11.7 Å². The van der Waals surface area contributed by atoms with Crippen molar-refractivity contribution in [2.75, 3.05) is 46.5 Å². The van der Waals surface area contributed by atoms with E-state index in [1.165, 1.54) is 0 Å². The second kappa shape index (κ2) is 9.36. The lowest BCUT2D eigenvalue weighted by Gasteiger charge is -2.31. The van der Waals surface area contributed by atoms with Crippen molar-refractivity contribution in [2.45, 2.75) is 19.9 Å². The summed E-state index contributed by atoms with van der Waals surface area (Å²) in [5.74, 6) is -0.986. The van der Waals surface area contributed by atoms with E-state index >= 15 is 0 Å². The number of para-hydroxylation sites is 1. The molecule has 2 fully saturated rings. The Balaban J connectivity index is 1.82. The molecule has 0 bridgehead atoms. The number of hydrogen-bond donors (Lipinski definition) is 1. The van der Waals surface area contributed by atoms with Crippen LogP contribution < -0.4 is 4.74 Å². The van der Waals surface area contributed by atoms with Crippen LogP contribution in [0.1, 0.15) is 28.6 Å². The minimum atomic E-state index is -0.763. The van der Waals surface area contributed by atoms with Gasteiger partial charge in [-0.1, -0.05) is 18.2 Å². The second-order valence-corrected chi connectivity index (χ2v) is 8.36. The minimum Gasteiger partial charge on any atom is -0.507 e. The Morgan fingerprint density at radius 3 is 2.52 bits per heavy atom. The zero-order chi connectivity index (χ0) is 23.7. The first-order chi connectivity index (χ1) is 15.8. The third kappa shape index (κ3) is 4.14. The molecule has 9 heteroatoms. The van der Waals surface area contributed by atoms with Gasteiger partial charge in [0.1, 0.15) is 11.5 Å². The number of carbonyl (C=O) groups is 2. The van der Waals surface area contributed by atoms with Crippen LogP contribution in [-0.2, 0) is 21.4 Å². The number of morpholine rings is 1. The number of aliphatic hydroxyl groups excluding tert-OH is 1. The number of hydrogen-bond acceptors (Lipinski definition) is 7. The van der Waals surface area contributed by atoms with E-state index in [0.717, 1.165) is 13.1 Å². The predicted molar refractivity (Wildman–Crippen MR) is 122 cm³/mol. The first-order valence-electron chi connectivity index (χ1n) is 11.1.